The summed E-state index contributed by atoms with van der Waals surface area (Å²) in [7, 11) is 0. The van der Waals surface area contributed by atoms with Crippen molar-refractivity contribution in [3.63, 3.8) is 0 Å². The second-order valence-electron chi connectivity index (χ2n) is 4.37. The van der Waals surface area contributed by atoms with Gasteiger partial charge in [0.05, 0.1) is 10.5 Å². The Morgan fingerprint density at radius 2 is 2.32 bits per heavy atom. The first-order valence-corrected chi connectivity index (χ1v) is 7.66. The molecule has 3 aromatic rings. The molecule has 114 valence electrons. The van der Waals surface area contributed by atoms with E-state index in [2.05, 4.69) is 15.5 Å². The molecule has 0 aliphatic carbocycles. The Morgan fingerprint density at radius 3 is 3.05 bits per heavy atom. The number of fused-ring (bicyclic) bond motifs is 1. The lowest BCUT2D eigenvalue weighted by Crippen LogP contribution is -2.11. The van der Waals surface area contributed by atoms with Gasteiger partial charge >= 0.3 is 0 Å². The summed E-state index contributed by atoms with van der Waals surface area (Å²) in [5, 5.41) is 12.4. The second-order valence-corrected chi connectivity index (χ2v) is 5.69. The highest BCUT2D eigenvalue weighted by atomic mass is 35.5. The fourth-order valence-electron chi connectivity index (χ4n) is 1.95. The van der Waals surface area contributed by atoms with Gasteiger partial charge in [-0.1, -0.05) is 11.6 Å². The van der Waals surface area contributed by atoms with Crippen LogP contribution in [0.5, 0.6) is 5.75 Å². The van der Waals surface area contributed by atoms with Crippen LogP contribution in [0.15, 0.2) is 29.6 Å². The van der Waals surface area contributed by atoms with Crippen molar-refractivity contribution in [3.8, 4) is 5.75 Å². The van der Waals surface area contributed by atoms with Gasteiger partial charge in [-0.3, -0.25) is 9.89 Å². The minimum Gasteiger partial charge on any atom is -0.491 e. The molecule has 0 bridgehead atoms. The molecule has 22 heavy (non-hydrogen) atoms. The zero-order valence-corrected chi connectivity index (χ0v) is 12.8. The minimum atomic E-state index is -0.566. The van der Waals surface area contributed by atoms with Crippen LogP contribution in [0, 0.1) is 0 Å². The summed E-state index contributed by atoms with van der Waals surface area (Å²) in [6.07, 6.45) is 0. The Balaban J connectivity index is 1.87. The molecule has 2 heterocycles. The number of benzene rings is 1. The normalized spacial score (nSPS) is 10.8. The highest BCUT2D eigenvalue weighted by molar-refractivity contribution is 7.12. The third kappa shape index (κ3) is 2.90. The van der Waals surface area contributed by atoms with Gasteiger partial charge in [0.2, 0.25) is 0 Å². The number of aromatic amines is 1. The number of halogens is 2. The molecule has 0 saturated carbocycles. The van der Waals surface area contributed by atoms with Gasteiger partial charge in [-0.05, 0) is 29.6 Å². The van der Waals surface area contributed by atoms with Crippen molar-refractivity contribution in [1.82, 2.24) is 10.2 Å². The number of ether oxygens (including phenoxy) is 1. The Morgan fingerprint density at radius 1 is 1.45 bits per heavy atom. The third-order valence-electron chi connectivity index (χ3n) is 2.94. The van der Waals surface area contributed by atoms with Crippen molar-refractivity contribution >= 4 is 45.6 Å². The van der Waals surface area contributed by atoms with Crippen molar-refractivity contribution in [2.45, 2.75) is 0 Å². The van der Waals surface area contributed by atoms with Crippen molar-refractivity contribution in [2.75, 3.05) is 18.6 Å². The highest BCUT2D eigenvalue weighted by Crippen LogP contribution is 2.27. The molecular weight excluding hydrogens is 329 g/mol. The molecule has 0 saturated heterocycles. The number of hydrogen-bond donors (Lipinski definition) is 2. The van der Waals surface area contributed by atoms with Crippen molar-refractivity contribution in [3.05, 3.63) is 39.5 Å². The van der Waals surface area contributed by atoms with Crippen LogP contribution in [0.4, 0.5) is 10.2 Å². The number of rotatable bonds is 5. The van der Waals surface area contributed by atoms with Gasteiger partial charge in [-0.2, -0.15) is 5.10 Å². The molecule has 0 aliphatic heterocycles. The number of H-pyrrole nitrogens is 1. The monoisotopic (exact) mass is 339 g/mol. The lowest BCUT2D eigenvalue weighted by Gasteiger charge is -2.04. The standard InChI is InChI=1S/C14H11ClFN3O2S/c15-10-3-6-22-12(10)14(20)17-13-9-7-8(21-5-4-16)1-2-11(9)18-19-13/h1-3,6-7H,4-5H2,(H2,17,18,19,20). The summed E-state index contributed by atoms with van der Waals surface area (Å²) in [5.41, 5.74) is 0.736. The second kappa shape index (κ2) is 6.33. The third-order valence-corrected chi connectivity index (χ3v) is 4.28. The van der Waals surface area contributed by atoms with Gasteiger partial charge in [0, 0.05) is 5.39 Å². The molecule has 0 atom stereocenters. The molecule has 1 amide bonds. The van der Waals surface area contributed by atoms with Crippen LogP contribution < -0.4 is 10.1 Å². The predicted molar refractivity (Wildman–Crippen MR) is 84.8 cm³/mol. The van der Waals surface area contributed by atoms with E-state index < -0.39 is 6.67 Å². The van der Waals surface area contributed by atoms with Gasteiger partial charge in [0.15, 0.2) is 5.82 Å². The number of carbonyl (C=O) groups is 1. The maximum absolute atomic E-state index is 12.2. The first-order chi connectivity index (χ1) is 10.7. The van der Waals surface area contributed by atoms with E-state index in [0.717, 1.165) is 5.52 Å². The number of carbonyl (C=O) groups excluding carboxylic acids is 1. The van der Waals surface area contributed by atoms with Crippen LogP contribution in [0.3, 0.4) is 0 Å². The van der Waals surface area contributed by atoms with E-state index in [-0.39, 0.29) is 12.5 Å². The number of anilines is 1. The minimum absolute atomic E-state index is 0.0180. The number of nitrogens with zero attached hydrogens (tertiary/aromatic N) is 1. The summed E-state index contributed by atoms with van der Waals surface area (Å²) >= 11 is 7.19. The van der Waals surface area contributed by atoms with Crippen LogP contribution in [0.1, 0.15) is 9.67 Å². The largest absolute Gasteiger partial charge is 0.491 e. The van der Waals surface area contributed by atoms with Crippen molar-refractivity contribution in [2.24, 2.45) is 0 Å². The zero-order valence-electron chi connectivity index (χ0n) is 11.2. The lowest BCUT2D eigenvalue weighted by molar-refractivity contribution is 0.103. The number of alkyl halides is 1. The molecule has 0 fully saturated rings. The van der Waals surface area contributed by atoms with E-state index in [9.17, 15) is 9.18 Å². The number of nitrogens with one attached hydrogen (secondary N) is 2. The average Bonchev–Trinajstić information content (AvgIpc) is 3.11. The summed E-state index contributed by atoms with van der Waals surface area (Å²) < 4.78 is 17.4. The highest BCUT2D eigenvalue weighted by Gasteiger charge is 2.15. The molecule has 2 aromatic heterocycles. The summed E-state index contributed by atoms with van der Waals surface area (Å²) in [6, 6.07) is 6.81. The SMILES string of the molecule is O=C(Nc1n[nH]c2ccc(OCCF)cc12)c1sccc1Cl. The van der Waals surface area contributed by atoms with E-state index in [1.165, 1.54) is 11.3 Å². The van der Waals surface area contributed by atoms with E-state index in [4.69, 9.17) is 16.3 Å². The molecule has 0 unspecified atom stereocenters. The van der Waals surface area contributed by atoms with Crippen LogP contribution in [0.25, 0.3) is 10.9 Å². The van der Waals surface area contributed by atoms with Crippen LogP contribution in [-0.2, 0) is 0 Å². The molecular formula is C14H11ClFN3O2S. The van der Waals surface area contributed by atoms with Crippen LogP contribution in [0.2, 0.25) is 5.02 Å². The first kappa shape index (κ1) is 14.8. The van der Waals surface area contributed by atoms with Gasteiger partial charge in [-0.15, -0.1) is 11.3 Å². The summed E-state index contributed by atoms with van der Waals surface area (Å²) in [5.74, 6) is 0.551. The van der Waals surface area contributed by atoms with Gasteiger partial charge < -0.3 is 10.1 Å². The number of thiophene rings is 1. The molecule has 3 rings (SSSR count). The first-order valence-electron chi connectivity index (χ1n) is 6.40. The van der Waals surface area contributed by atoms with Crippen LogP contribution >= 0.6 is 22.9 Å². The van der Waals surface area contributed by atoms with E-state index in [0.29, 0.717) is 26.9 Å². The smallest absolute Gasteiger partial charge is 0.268 e. The number of aromatic nitrogens is 2. The van der Waals surface area contributed by atoms with E-state index >= 15 is 0 Å². The van der Waals surface area contributed by atoms with Gasteiger partial charge in [0.1, 0.15) is 23.9 Å². The molecule has 2 N–H and O–H groups in total. The molecule has 0 aliphatic rings. The molecule has 8 heteroatoms. The maximum atomic E-state index is 12.2. The quantitative estimate of drug-likeness (QED) is 0.741. The molecule has 5 nitrogen and oxygen atoms in total. The molecule has 0 radical (unpaired) electrons. The summed E-state index contributed by atoms with van der Waals surface area (Å²) in [4.78, 5) is 12.6. The molecule has 0 spiro atoms. The van der Waals surface area contributed by atoms with E-state index in [1.54, 1.807) is 29.6 Å². The zero-order chi connectivity index (χ0) is 15.5. The number of amides is 1. The fraction of sp³-hybridized carbons (Fsp3) is 0.143. The fourth-order valence-corrected chi connectivity index (χ4v) is 2.99. The van der Waals surface area contributed by atoms with Crippen LogP contribution in [-0.4, -0.2) is 29.4 Å². The average molecular weight is 340 g/mol. The van der Waals surface area contributed by atoms with Gasteiger partial charge in [-0.25, -0.2) is 4.39 Å². The van der Waals surface area contributed by atoms with Gasteiger partial charge in [0.25, 0.3) is 5.91 Å². The Labute approximate surface area is 134 Å². The van der Waals surface area contributed by atoms with Crippen molar-refractivity contribution in [1.29, 1.82) is 0 Å². The maximum Gasteiger partial charge on any atom is 0.268 e. The predicted octanol–water partition coefficient (Wildman–Crippen LogP) is 3.88. The Bertz CT molecular complexity index is 817. The molecule has 1 aromatic carbocycles. The lowest BCUT2D eigenvalue weighted by atomic mass is 10.2. The Kier molecular flexibility index (Phi) is 4.26. The van der Waals surface area contributed by atoms with Crippen molar-refractivity contribution < 1.29 is 13.9 Å². The summed E-state index contributed by atoms with van der Waals surface area (Å²) in [6.45, 7) is -0.584. The van der Waals surface area contributed by atoms with E-state index in [1.807, 2.05) is 0 Å². The number of hydrogen-bond acceptors (Lipinski definition) is 4. The topological polar surface area (TPSA) is 67.0 Å². The Hall–Kier alpha value is -2.12.